The second kappa shape index (κ2) is 45.0. The molecule has 0 amide bonds. The number of benzene rings is 8. The Labute approximate surface area is 714 Å². The number of anilines is 8. The van der Waals surface area contributed by atoms with E-state index in [1.807, 2.05) is 10.4 Å². The van der Waals surface area contributed by atoms with E-state index in [4.69, 9.17) is 141 Å². The number of hydrogen-bond acceptors (Lipinski definition) is 27. The number of carbonyl (C=O) groups excluding carboxylic acids is 4. The molecule has 13 aromatic rings. The first-order chi connectivity index (χ1) is 54.1. The number of H-pyrrole nitrogens is 1. The van der Waals surface area contributed by atoms with Gasteiger partial charge in [-0.3, -0.25) is 63.2 Å². The Bertz CT molecular complexity index is 5710. The van der Waals surface area contributed by atoms with Crippen LogP contribution in [-0.4, -0.2) is 102 Å². The molecule has 0 bridgehead atoms. The van der Waals surface area contributed by atoms with Crippen LogP contribution >= 0.6 is 165 Å². The first kappa shape index (κ1) is 92.4. The zero-order valence-corrected chi connectivity index (χ0v) is 68.8. The normalized spacial score (nSPS) is 10.5. The fourth-order valence-corrected chi connectivity index (χ4v) is 12.9. The largest absolute Gasteiger partial charge is 0.412 e. The topological polar surface area (TPSA) is 400 Å². The maximum atomic E-state index is 14.3. The van der Waals surface area contributed by atoms with Gasteiger partial charge in [-0.05, 0) is 168 Å². The predicted octanol–water partition coefficient (Wildman–Crippen LogP) is 17.3. The quantitative estimate of drug-likeness (QED) is 0.00707. The van der Waals surface area contributed by atoms with Crippen LogP contribution in [0.15, 0.2) is 147 Å². The minimum atomic E-state index is -0.572. The minimum Gasteiger partial charge on any atom is -0.412 e. The van der Waals surface area contributed by atoms with Crippen molar-refractivity contribution in [3.63, 3.8) is 0 Å². The number of aromatic nitrogens is 10. The summed E-state index contributed by atoms with van der Waals surface area (Å²) in [4.78, 5) is 81.1. The van der Waals surface area contributed by atoms with Crippen LogP contribution in [0.1, 0.15) is 22.3 Å². The molecule has 0 spiro atoms. The molecule has 0 aliphatic rings. The summed E-state index contributed by atoms with van der Waals surface area (Å²) in [5, 5.41) is 18.4. The van der Waals surface area contributed by atoms with E-state index in [1.54, 1.807) is 71.4 Å². The Morgan fingerprint density at radius 1 is 0.421 bits per heavy atom. The number of Topliss-reactive ketones (excluding diaryl/α,β-unsaturated/α-hetero) is 4. The lowest BCUT2D eigenvalue weighted by atomic mass is 10.1. The number of hydrazine groups is 3. The Morgan fingerprint density at radius 2 is 0.675 bits per heavy atom. The number of nitrogens with two attached hydrogens (primary N) is 4. The third-order valence-electron chi connectivity index (χ3n) is 15.2. The zero-order valence-electron chi connectivity index (χ0n) is 57.9. The number of nitrogens with one attached hydrogen (secondary N) is 7. The molecule has 0 radical (unpaired) electrons. The van der Waals surface area contributed by atoms with Crippen LogP contribution in [0.25, 0.3) is 43.6 Å². The van der Waals surface area contributed by atoms with Gasteiger partial charge in [0.05, 0.1) is 104 Å². The Balaban J connectivity index is 0.000000206. The molecule has 5 aromatic heterocycles. The smallest absolute Gasteiger partial charge is 0.178 e. The van der Waals surface area contributed by atoms with E-state index >= 15 is 0 Å². The highest BCUT2D eigenvalue weighted by Crippen LogP contribution is 2.37. The summed E-state index contributed by atoms with van der Waals surface area (Å²) in [5.41, 5.74) is 10.8. The molecule has 8 aromatic carbocycles. The zero-order chi connectivity index (χ0) is 82.2. The van der Waals surface area contributed by atoms with E-state index in [9.17, 15) is 36.7 Å². The number of nitrogens with zero attached hydrogens (tertiary/aromatic N) is 9. The fraction of sp³-hybridized carbons (Fsp3) is 0.113. The number of halogens is 13. The average molecular weight is 1830 g/mol. The molecule has 13 rings (SSSR count). The molecule has 0 saturated carbocycles. The molecule has 114 heavy (non-hydrogen) atoms. The molecule has 0 aliphatic heterocycles. The van der Waals surface area contributed by atoms with Gasteiger partial charge in [-0.15, -0.1) is 11.6 Å². The third kappa shape index (κ3) is 26.1. The molecule has 592 valence electrons. The number of aromatic amines is 1. The van der Waals surface area contributed by atoms with Gasteiger partial charge in [0.25, 0.3) is 0 Å². The molecular formula is C71H57Cl9F4N20O5S5. The number of rotatable bonds is 23. The highest BCUT2D eigenvalue weighted by Gasteiger charge is 2.19. The Morgan fingerprint density at radius 3 is 0.921 bits per heavy atom. The molecule has 43 heteroatoms. The van der Waals surface area contributed by atoms with Gasteiger partial charge < -0.3 is 26.7 Å². The molecule has 0 saturated heterocycles. The summed E-state index contributed by atoms with van der Waals surface area (Å²) in [6.45, 7) is 0.237. The molecule has 5 heterocycles. The standard InChI is InChI=1S/C19H12Cl2FN5OS3.C17H11Cl3FN3O.2C17H14Cl2FN5O.CS2.H4N2.H2O/c20-12-5-14(22)16(6-13(12)21)25-17-11-4-9(1-2-15(11)23-8-24-17)3-10(28)7-27-19(30)31-18(29)26-27;18-7-10(25)3-9-1-2-15-11(4-9)17(23-8-22-15)24-16-6-13(20)12(19)5-14(16)21;2*18-12-5-14(20)16(6-13(12)19)25-17-11-4-9(3-10(26)7-24-21)1-2-15(11)22-8-23-17;2-1-3;1-2;/h1-2,4-6,8H,3,7H2,(H,26,29)(H,23,24,25);1-2,4-6,8H,3,7H2,(H,22,23,24);2*1-2,4-6,8,24H,3,7,21H2,(H,22,23,25);;1-2H2;1H2. The summed E-state index contributed by atoms with van der Waals surface area (Å²) in [7, 11) is 0. The molecule has 0 aliphatic carbocycles. The fourth-order valence-electron chi connectivity index (χ4n) is 10.2. The molecule has 0 fully saturated rings. The van der Waals surface area contributed by atoms with E-state index in [0.717, 1.165) is 46.5 Å². The van der Waals surface area contributed by atoms with Gasteiger partial charge in [-0.1, -0.05) is 128 Å². The Hall–Kier alpha value is -8.73. The summed E-state index contributed by atoms with van der Waals surface area (Å²) < 4.78 is 61.2. The number of fused-ring (bicyclic) bond motifs is 4. The first-order valence-corrected chi connectivity index (χ1v) is 37.9. The molecular weight excluding hydrogens is 1770 g/mol. The highest BCUT2D eigenvalue weighted by molar-refractivity contribution is 7.93. The van der Waals surface area contributed by atoms with Crippen LogP contribution in [0.3, 0.4) is 0 Å². The maximum absolute atomic E-state index is 14.3. The van der Waals surface area contributed by atoms with Crippen molar-refractivity contribution in [3.8, 4) is 0 Å². The van der Waals surface area contributed by atoms with Crippen LogP contribution in [0.2, 0.25) is 40.2 Å². The lowest BCUT2D eigenvalue weighted by molar-refractivity contribution is -0.119. The summed E-state index contributed by atoms with van der Waals surface area (Å²) >= 11 is 72.1. The lowest BCUT2D eigenvalue weighted by Crippen LogP contribution is -2.29. The van der Waals surface area contributed by atoms with Gasteiger partial charge in [-0.2, -0.15) is 0 Å². The van der Waals surface area contributed by atoms with Crippen molar-refractivity contribution in [3.05, 3.63) is 240 Å². The van der Waals surface area contributed by atoms with Crippen molar-refractivity contribution in [2.24, 2.45) is 23.4 Å². The third-order valence-corrected chi connectivity index (χ3v) is 19.8. The first-order valence-electron chi connectivity index (χ1n) is 31.9. The van der Waals surface area contributed by atoms with Crippen molar-refractivity contribution in [1.29, 1.82) is 0 Å². The van der Waals surface area contributed by atoms with Crippen molar-refractivity contribution in [2.45, 2.75) is 32.2 Å². The number of hydrogen-bond donors (Lipinski definition) is 11. The lowest BCUT2D eigenvalue weighted by Gasteiger charge is -2.11. The number of alkyl halides is 1. The van der Waals surface area contributed by atoms with Crippen LogP contribution < -0.4 is 55.5 Å². The van der Waals surface area contributed by atoms with E-state index in [-0.39, 0.29) is 143 Å². The predicted molar refractivity (Wildman–Crippen MR) is 457 cm³/mol. The van der Waals surface area contributed by atoms with Crippen molar-refractivity contribution in [2.75, 3.05) is 40.2 Å². The SMILES string of the molecule is NN.NNCC(=O)Cc1ccc2ncnc(Nc3cc(Cl)c(Cl)cc3F)c2c1.NNCC(=O)Cc1ccc2ncnc(Nc3cc(Cl)c(Cl)cc3F)c2c1.O.O=C(CCl)Cc1ccc2ncnc(Nc3cc(Cl)c(Cl)cc3F)c2c1.O=C(Cc1ccc2ncnc(Nc3cc(Cl)c(Cl)cc3F)c2c1)Cn1[nH]c(=S)sc1=S.S=C=S. The van der Waals surface area contributed by atoms with Gasteiger partial charge in [0.2, 0.25) is 0 Å². The summed E-state index contributed by atoms with van der Waals surface area (Å²) in [6.07, 6.45) is 6.24. The number of ketones is 4. The van der Waals surface area contributed by atoms with E-state index in [0.29, 0.717) is 74.8 Å². The maximum Gasteiger partial charge on any atom is 0.178 e. The average Bonchev–Trinajstić information content (AvgIpc) is 0.851. The van der Waals surface area contributed by atoms with Crippen LogP contribution in [0, 0.1) is 31.2 Å². The van der Waals surface area contributed by atoms with Crippen LogP contribution in [0.5, 0.6) is 0 Å². The van der Waals surface area contributed by atoms with Gasteiger partial charge >= 0.3 is 0 Å². The second-order valence-corrected chi connectivity index (χ2v) is 29.5. The van der Waals surface area contributed by atoms with Crippen molar-refractivity contribution in [1.82, 2.24) is 60.5 Å². The van der Waals surface area contributed by atoms with Crippen LogP contribution in [-0.2, 0) is 51.4 Å². The van der Waals surface area contributed by atoms with E-state index in [2.05, 4.69) is 113 Å². The van der Waals surface area contributed by atoms with E-state index < -0.39 is 23.3 Å². The van der Waals surface area contributed by atoms with Crippen molar-refractivity contribution < 1.29 is 42.2 Å². The summed E-state index contributed by atoms with van der Waals surface area (Å²) in [6, 6.07) is 31.4. The number of thiocarbonyl (C=S) groups is 2. The second-order valence-electron chi connectivity index (χ2n) is 23.0. The van der Waals surface area contributed by atoms with Gasteiger partial charge in [0, 0.05) is 51.5 Å². The Kier molecular flexibility index (Phi) is 36.5. The molecule has 17 N–H and O–H groups in total. The van der Waals surface area contributed by atoms with Crippen molar-refractivity contribution >= 4 is 282 Å². The van der Waals surface area contributed by atoms with Crippen LogP contribution in [0.4, 0.5) is 63.6 Å². The monoisotopic (exact) mass is 1820 g/mol. The summed E-state index contributed by atoms with van der Waals surface area (Å²) in [5.74, 6) is 17.3. The molecule has 25 nitrogen and oxygen atoms in total. The highest BCUT2D eigenvalue weighted by atomic mass is 35.5. The van der Waals surface area contributed by atoms with Gasteiger partial charge in [0.1, 0.15) is 78.4 Å². The van der Waals surface area contributed by atoms with Gasteiger partial charge in [-0.25, -0.2) is 57.4 Å². The number of carbonyl (C=O) groups is 4. The van der Waals surface area contributed by atoms with E-state index in [1.165, 1.54) is 60.9 Å². The van der Waals surface area contributed by atoms with Gasteiger partial charge in [0.15, 0.2) is 31.0 Å². The molecule has 0 unspecified atom stereocenters. The minimum absolute atomic E-state index is 0. The molecule has 0 atom stereocenters.